The second kappa shape index (κ2) is 27.1. The maximum absolute atomic E-state index is 11.5. The van der Waals surface area contributed by atoms with E-state index in [1.54, 1.807) is 22.3 Å². The van der Waals surface area contributed by atoms with Crippen LogP contribution in [0.2, 0.25) is 0 Å². The summed E-state index contributed by atoms with van der Waals surface area (Å²) >= 11 is 0. The zero-order chi connectivity index (χ0) is 38.1. The molecule has 1 nitrogen and oxygen atoms in total. The van der Waals surface area contributed by atoms with Crippen molar-refractivity contribution in [3.05, 3.63) is 99.1 Å². The van der Waals surface area contributed by atoms with Gasteiger partial charge in [0.25, 0.3) is 0 Å². The number of hydrogen-bond acceptors (Lipinski definition) is 1. The van der Waals surface area contributed by atoms with Crippen LogP contribution in [0.4, 0.5) is 0 Å². The largest absolute Gasteiger partial charge is 0.508 e. The van der Waals surface area contributed by atoms with E-state index in [9.17, 15) is 5.11 Å². The first-order chi connectivity index (χ1) is 25.9. The molecule has 0 radical (unpaired) electrons. The monoisotopic (exact) mass is 723 g/mol. The van der Waals surface area contributed by atoms with E-state index in [2.05, 4.69) is 90.1 Å². The molecule has 296 valence electrons. The fourth-order valence-electron chi connectivity index (χ4n) is 8.93. The summed E-state index contributed by atoms with van der Waals surface area (Å²) in [7, 11) is 0. The Morgan fingerprint density at radius 3 is 1.19 bits per heavy atom. The zero-order valence-corrected chi connectivity index (χ0v) is 35.7. The summed E-state index contributed by atoms with van der Waals surface area (Å²) < 4.78 is 0. The lowest BCUT2D eigenvalue weighted by molar-refractivity contribution is 0.459. The molecule has 0 spiro atoms. The second-order valence-corrected chi connectivity index (χ2v) is 16.8. The molecule has 53 heavy (non-hydrogen) atoms. The average Bonchev–Trinajstić information content (AvgIpc) is 3.15. The van der Waals surface area contributed by atoms with Gasteiger partial charge in [0.2, 0.25) is 0 Å². The molecule has 0 saturated carbocycles. The van der Waals surface area contributed by atoms with Gasteiger partial charge < -0.3 is 5.11 Å². The smallest absolute Gasteiger partial charge is 0.119 e. The minimum absolute atomic E-state index is 0.250. The predicted octanol–water partition coefficient (Wildman–Crippen LogP) is 16.1. The van der Waals surface area contributed by atoms with E-state index < -0.39 is 0 Å². The van der Waals surface area contributed by atoms with Crippen LogP contribution < -0.4 is 0 Å². The van der Waals surface area contributed by atoms with Crippen LogP contribution in [0.25, 0.3) is 0 Å². The van der Waals surface area contributed by atoms with E-state index in [1.165, 1.54) is 176 Å². The van der Waals surface area contributed by atoms with Gasteiger partial charge in [-0.05, 0) is 121 Å². The van der Waals surface area contributed by atoms with Crippen molar-refractivity contribution in [1.82, 2.24) is 0 Å². The summed E-state index contributed by atoms with van der Waals surface area (Å²) in [6.07, 6.45) is 33.4. The molecule has 2 unspecified atom stereocenters. The number of phenolic OH excluding ortho intramolecular Hbond substituents is 1. The van der Waals surface area contributed by atoms with Gasteiger partial charge in [0.05, 0.1) is 0 Å². The molecule has 0 amide bonds. The maximum Gasteiger partial charge on any atom is 0.119 e. The van der Waals surface area contributed by atoms with Gasteiger partial charge in [-0.3, -0.25) is 0 Å². The van der Waals surface area contributed by atoms with Crippen molar-refractivity contribution in [2.24, 2.45) is 0 Å². The highest BCUT2D eigenvalue weighted by Crippen LogP contribution is 2.38. The number of rotatable bonds is 30. The first kappa shape index (κ1) is 44.9. The van der Waals surface area contributed by atoms with E-state index >= 15 is 0 Å². The summed E-state index contributed by atoms with van der Waals surface area (Å²) in [4.78, 5) is 0. The van der Waals surface area contributed by atoms with E-state index in [1.807, 2.05) is 6.07 Å². The van der Waals surface area contributed by atoms with Crippen molar-refractivity contribution in [3.63, 3.8) is 0 Å². The number of hydrogen-bond donors (Lipinski definition) is 1. The number of aromatic hydroxyl groups is 1. The third-order valence-electron chi connectivity index (χ3n) is 12.1. The molecule has 1 N–H and O–H groups in total. The second-order valence-electron chi connectivity index (χ2n) is 16.8. The topological polar surface area (TPSA) is 20.2 Å². The summed E-state index contributed by atoms with van der Waals surface area (Å²) in [6.45, 7) is 14.0. The Morgan fingerprint density at radius 1 is 0.396 bits per heavy atom. The summed E-state index contributed by atoms with van der Waals surface area (Å²) in [5, 5.41) is 11.5. The van der Waals surface area contributed by atoms with Crippen LogP contribution >= 0.6 is 0 Å². The zero-order valence-electron chi connectivity index (χ0n) is 35.7. The van der Waals surface area contributed by atoms with Gasteiger partial charge >= 0.3 is 0 Å². The first-order valence-electron chi connectivity index (χ1n) is 23.0. The van der Waals surface area contributed by atoms with Crippen LogP contribution in [-0.4, -0.2) is 5.11 Å². The fraction of sp³-hybridized carbons (Fsp3) is 0.654. The third kappa shape index (κ3) is 16.0. The molecule has 3 aromatic rings. The van der Waals surface area contributed by atoms with Crippen LogP contribution in [0.1, 0.15) is 226 Å². The van der Waals surface area contributed by atoms with Crippen molar-refractivity contribution in [2.75, 3.05) is 0 Å². The highest BCUT2D eigenvalue weighted by molar-refractivity contribution is 5.46. The Labute approximate surface area is 329 Å². The van der Waals surface area contributed by atoms with Gasteiger partial charge in [-0.1, -0.05) is 193 Å². The normalized spacial score (nSPS) is 12.7. The van der Waals surface area contributed by atoms with Gasteiger partial charge in [-0.25, -0.2) is 0 Å². The molecule has 0 fully saturated rings. The molecule has 1 heteroatoms. The lowest BCUT2D eigenvalue weighted by Gasteiger charge is -2.25. The highest BCUT2D eigenvalue weighted by atomic mass is 16.3. The van der Waals surface area contributed by atoms with Gasteiger partial charge in [0.1, 0.15) is 5.75 Å². The Bertz CT molecular complexity index is 1380. The lowest BCUT2D eigenvalue weighted by atomic mass is 9.80. The highest BCUT2D eigenvalue weighted by Gasteiger charge is 2.22. The van der Waals surface area contributed by atoms with Gasteiger partial charge in [-0.15, -0.1) is 0 Å². The van der Waals surface area contributed by atoms with Crippen LogP contribution in [-0.2, 0) is 38.5 Å². The maximum atomic E-state index is 11.5. The van der Waals surface area contributed by atoms with E-state index in [4.69, 9.17) is 0 Å². The Kier molecular flexibility index (Phi) is 22.9. The van der Waals surface area contributed by atoms with E-state index in [0.717, 1.165) is 12.8 Å². The predicted molar refractivity (Wildman–Crippen MR) is 235 cm³/mol. The average molecular weight is 723 g/mol. The summed E-state index contributed by atoms with van der Waals surface area (Å²) in [6, 6.07) is 20.7. The van der Waals surface area contributed by atoms with Crippen LogP contribution in [0, 0.1) is 0 Å². The van der Waals surface area contributed by atoms with Crippen LogP contribution in [0.5, 0.6) is 5.75 Å². The third-order valence-corrected chi connectivity index (χ3v) is 12.1. The SMILES string of the molecule is CCCCCCCc1cccc(CC(C)c2cccc(O)c2C(C)Cc2cccc(CCCCCCC)c2CCCCCCC)c1CCCCCCC. The van der Waals surface area contributed by atoms with Crippen LogP contribution in [0.3, 0.4) is 0 Å². The molecule has 0 aliphatic rings. The number of aryl methyl sites for hydroxylation is 2. The Morgan fingerprint density at radius 2 is 0.755 bits per heavy atom. The van der Waals surface area contributed by atoms with Gasteiger partial charge in [0, 0.05) is 5.56 Å². The molecular formula is C52H82O. The molecule has 3 aromatic carbocycles. The Balaban J connectivity index is 1.86. The minimum atomic E-state index is 0.250. The van der Waals surface area contributed by atoms with Crippen molar-refractivity contribution >= 4 is 0 Å². The van der Waals surface area contributed by atoms with Crippen molar-refractivity contribution in [2.45, 2.75) is 220 Å². The van der Waals surface area contributed by atoms with Gasteiger partial charge in [0.15, 0.2) is 0 Å². The molecule has 0 saturated heterocycles. The van der Waals surface area contributed by atoms with Crippen molar-refractivity contribution in [3.8, 4) is 5.75 Å². The lowest BCUT2D eigenvalue weighted by Crippen LogP contribution is -2.11. The summed E-state index contributed by atoms with van der Waals surface area (Å²) in [5.74, 6) is 1.07. The van der Waals surface area contributed by atoms with Crippen molar-refractivity contribution in [1.29, 1.82) is 0 Å². The van der Waals surface area contributed by atoms with Gasteiger partial charge in [-0.2, -0.15) is 0 Å². The standard InChI is InChI=1S/C52H82O/c1-7-11-15-19-23-30-44-32-27-34-46(49(44)36-25-21-17-13-9-3)40-42(5)48-38-29-39-51(53)52(48)43(6)41-47-35-28-33-45(31-24-20-16-12-8-2)50(47)37-26-22-18-14-10-4/h27-29,32-35,38-39,42-43,53H,7-26,30-31,36-37,40-41H2,1-6H3. The molecule has 0 bridgehead atoms. The quantitative estimate of drug-likeness (QED) is 0.0679. The van der Waals surface area contributed by atoms with Crippen LogP contribution in [0.15, 0.2) is 54.6 Å². The molecule has 0 aliphatic heterocycles. The minimum Gasteiger partial charge on any atom is -0.508 e. The molecule has 2 atom stereocenters. The molecule has 0 aliphatic carbocycles. The molecule has 0 aromatic heterocycles. The summed E-state index contributed by atoms with van der Waals surface area (Å²) in [5.41, 5.74) is 12.0. The molecule has 0 heterocycles. The van der Waals surface area contributed by atoms with Crippen molar-refractivity contribution < 1.29 is 5.11 Å². The fourth-order valence-corrected chi connectivity index (χ4v) is 8.93. The molecule has 3 rings (SSSR count). The number of benzene rings is 3. The first-order valence-corrected chi connectivity index (χ1v) is 23.0. The van der Waals surface area contributed by atoms with E-state index in [-0.39, 0.29) is 5.92 Å². The molecular weight excluding hydrogens is 641 g/mol. The Hall–Kier alpha value is -2.54. The van der Waals surface area contributed by atoms with E-state index in [0.29, 0.717) is 11.7 Å². The number of unbranched alkanes of at least 4 members (excludes halogenated alkanes) is 16. The number of phenols is 1.